The summed E-state index contributed by atoms with van der Waals surface area (Å²) in [5, 5.41) is 2.80. The van der Waals surface area contributed by atoms with Crippen LogP contribution < -0.4 is 11.1 Å². The number of rotatable bonds is 4. The molecule has 5 heteroatoms. The van der Waals surface area contributed by atoms with Gasteiger partial charge >= 0.3 is 0 Å². The minimum atomic E-state index is -0.386. The van der Waals surface area contributed by atoms with Crippen molar-refractivity contribution in [3.63, 3.8) is 0 Å². The summed E-state index contributed by atoms with van der Waals surface area (Å²) < 4.78 is 13.4. The quantitative estimate of drug-likeness (QED) is 0.842. The number of amides is 1. The summed E-state index contributed by atoms with van der Waals surface area (Å²) in [5.41, 5.74) is 7.84. The molecule has 0 bridgehead atoms. The number of hydrogen-bond donors (Lipinski definition) is 2. The van der Waals surface area contributed by atoms with Gasteiger partial charge in [-0.25, -0.2) is 4.39 Å². The summed E-state index contributed by atoms with van der Waals surface area (Å²) in [4.78, 5) is 11.9. The Morgan fingerprint density at radius 2 is 1.90 bits per heavy atom. The monoisotopic (exact) mass is 336 g/mol. The van der Waals surface area contributed by atoms with Crippen LogP contribution in [0.15, 0.2) is 46.9 Å². The average molecular weight is 337 g/mol. The minimum absolute atomic E-state index is 0.221. The standard InChI is InChI=1S/C15H14BrFN2O/c16-13-9-11(3-6-14(13)17)15(20)19-8-7-10-1-4-12(18)5-2-10/h1-6,9H,7-8,18H2,(H,19,20). The van der Waals surface area contributed by atoms with E-state index in [-0.39, 0.29) is 16.2 Å². The molecule has 2 rings (SSSR count). The van der Waals surface area contributed by atoms with Gasteiger partial charge in [-0.2, -0.15) is 0 Å². The van der Waals surface area contributed by atoms with E-state index in [2.05, 4.69) is 21.2 Å². The van der Waals surface area contributed by atoms with Crippen LogP contribution in [0.4, 0.5) is 10.1 Å². The van der Waals surface area contributed by atoms with Crippen molar-refractivity contribution in [3.8, 4) is 0 Å². The van der Waals surface area contributed by atoms with Crippen LogP contribution in [-0.2, 0) is 6.42 Å². The van der Waals surface area contributed by atoms with E-state index in [1.54, 1.807) is 0 Å². The number of nitrogens with two attached hydrogens (primary N) is 1. The highest BCUT2D eigenvalue weighted by molar-refractivity contribution is 9.10. The number of carbonyl (C=O) groups excluding carboxylic acids is 1. The zero-order valence-electron chi connectivity index (χ0n) is 10.7. The van der Waals surface area contributed by atoms with E-state index in [0.717, 1.165) is 5.56 Å². The fourth-order valence-electron chi connectivity index (χ4n) is 1.74. The summed E-state index contributed by atoms with van der Waals surface area (Å²) >= 11 is 3.06. The Labute approximate surface area is 125 Å². The molecule has 0 aromatic heterocycles. The van der Waals surface area contributed by atoms with Gasteiger partial charge in [0.05, 0.1) is 4.47 Å². The van der Waals surface area contributed by atoms with E-state index < -0.39 is 0 Å². The van der Waals surface area contributed by atoms with Crippen LogP contribution in [0, 0.1) is 5.82 Å². The summed E-state index contributed by atoms with van der Waals surface area (Å²) in [6.07, 6.45) is 0.717. The maximum Gasteiger partial charge on any atom is 0.251 e. The molecule has 0 radical (unpaired) electrons. The first kappa shape index (κ1) is 14.5. The Bertz CT molecular complexity index is 614. The van der Waals surface area contributed by atoms with Gasteiger partial charge in [0.1, 0.15) is 5.82 Å². The highest BCUT2D eigenvalue weighted by Gasteiger charge is 2.07. The molecule has 0 fully saturated rings. The lowest BCUT2D eigenvalue weighted by molar-refractivity contribution is 0.0954. The first-order valence-electron chi connectivity index (χ1n) is 6.14. The van der Waals surface area contributed by atoms with Gasteiger partial charge in [-0.15, -0.1) is 0 Å². The lowest BCUT2D eigenvalue weighted by Gasteiger charge is -2.06. The van der Waals surface area contributed by atoms with Crippen LogP contribution in [0.3, 0.4) is 0 Å². The maximum atomic E-state index is 13.1. The molecule has 0 atom stereocenters. The fraction of sp³-hybridized carbons (Fsp3) is 0.133. The first-order chi connectivity index (χ1) is 9.56. The van der Waals surface area contributed by atoms with Crippen molar-refractivity contribution in [2.75, 3.05) is 12.3 Å². The molecule has 0 saturated carbocycles. The topological polar surface area (TPSA) is 55.1 Å². The Balaban J connectivity index is 1.88. The van der Waals surface area contributed by atoms with Crippen molar-refractivity contribution in [1.29, 1.82) is 0 Å². The molecule has 0 aliphatic carbocycles. The maximum absolute atomic E-state index is 13.1. The number of hydrogen-bond acceptors (Lipinski definition) is 2. The number of benzene rings is 2. The second-order valence-corrected chi connectivity index (χ2v) is 5.23. The van der Waals surface area contributed by atoms with E-state index in [1.807, 2.05) is 24.3 Å². The average Bonchev–Trinajstić information content (AvgIpc) is 2.44. The molecule has 0 aliphatic rings. The lowest BCUT2D eigenvalue weighted by atomic mass is 10.1. The summed E-state index contributed by atoms with van der Waals surface area (Å²) in [6.45, 7) is 0.512. The highest BCUT2D eigenvalue weighted by Crippen LogP contribution is 2.16. The van der Waals surface area contributed by atoms with Gasteiger partial charge in [-0.3, -0.25) is 4.79 Å². The van der Waals surface area contributed by atoms with Crippen molar-refractivity contribution < 1.29 is 9.18 Å². The second-order valence-electron chi connectivity index (χ2n) is 4.38. The van der Waals surface area contributed by atoms with Gasteiger partial charge in [-0.1, -0.05) is 12.1 Å². The molecule has 2 aromatic rings. The van der Waals surface area contributed by atoms with Crippen LogP contribution in [0.1, 0.15) is 15.9 Å². The molecular formula is C15H14BrFN2O. The molecule has 0 unspecified atom stereocenters. The molecule has 3 nitrogen and oxygen atoms in total. The minimum Gasteiger partial charge on any atom is -0.399 e. The van der Waals surface area contributed by atoms with Gasteiger partial charge < -0.3 is 11.1 Å². The molecule has 1 amide bonds. The number of nitrogens with one attached hydrogen (secondary N) is 1. The number of anilines is 1. The van der Waals surface area contributed by atoms with Crippen LogP contribution in [0.5, 0.6) is 0 Å². The van der Waals surface area contributed by atoms with E-state index in [1.165, 1.54) is 18.2 Å². The third-order valence-corrected chi connectivity index (χ3v) is 3.47. The molecular weight excluding hydrogens is 323 g/mol. The Morgan fingerprint density at radius 3 is 2.55 bits per heavy atom. The normalized spacial score (nSPS) is 10.3. The predicted molar refractivity (Wildman–Crippen MR) is 81.0 cm³/mol. The zero-order valence-corrected chi connectivity index (χ0v) is 12.3. The molecule has 0 heterocycles. The summed E-state index contributed by atoms with van der Waals surface area (Å²) in [7, 11) is 0. The second kappa shape index (κ2) is 6.52. The molecule has 0 spiro atoms. The van der Waals surface area contributed by atoms with Gasteiger partial charge in [0.2, 0.25) is 0 Å². The Kier molecular flexibility index (Phi) is 4.74. The van der Waals surface area contributed by atoms with Gasteiger partial charge in [0.15, 0.2) is 0 Å². The third kappa shape index (κ3) is 3.81. The summed E-state index contributed by atoms with van der Waals surface area (Å²) in [5.74, 6) is -0.607. The molecule has 20 heavy (non-hydrogen) atoms. The smallest absolute Gasteiger partial charge is 0.251 e. The Hall–Kier alpha value is -1.88. The van der Waals surface area contributed by atoms with E-state index in [4.69, 9.17) is 5.73 Å². The van der Waals surface area contributed by atoms with Crippen LogP contribution in [0.2, 0.25) is 0 Å². The third-order valence-electron chi connectivity index (χ3n) is 2.86. The molecule has 3 N–H and O–H groups in total. The molecule has 104 valence electrons. The van der Waals surface area contributed by atoms with Gasteiger partial charge in [0.25, 0.3) is 5.91 Å². The van der Waals surface area contributed by atoms with Crippen LogP contribution in [0.25, 0.3) is 0 Å². The number of nitrogen functional groups attached to an aromatic ring is 1. The van der Waals surface area contributed by atoms with Crippen LogP contribution in [-0.4, -0.2) is 12.5 Å². The highest BCUT2D eigenvalue weighted by atomic mass is 79.9. The van der Waals surface area contributed by atoms with Crippen molar-refractivity contribution in [1.82, 2.24) is 5.32 Å². The van der Waals surface area contributed by atoms with Gasteiger partial charge in [-0.05, 0) is 58.2 Å². The SMILES string of the molecule is Nc1ccc(CCNC(=O)c2ccc(F)c(Br)c2)cc1. The van der Waals surface area contributed by atoms with E-state index >= 15 is 0 Å². The van der Waals surface area contributed by atoms with Crippen molar-refractivity contribution in [2.45, 2.75) is 6.42 Å². The number of halogens is 2. The largest absolute Gasteiger partial charge is 0.399 e. The van der Waals surface area contributed by atoms with E-state index in [9.17, 15) is 9.18 Å². The summed E-state index contributed by atoms with van der Waals surface area (Å²) in [6, 6.07) is 11.7. The lowest BCUT2D eigenvalue weighted by Crippen LogP contribution is -2.25. The molecule has 2 aromatic carbocycles. The van der Waals surface area contributed by atoms with Gasteiger partial charge in [0, 0.05) is 17.8 Å². The van der Waals surface area contributed by atoms with Crippen molar-refractivity contribution in [3.05, 3.63) is 63.9 Å². The predicted octanol–water partition coefficient (Wildman–Crippen LogP) is 3.14. The van der Waals surface area contributed by atoms with Crippen LogP contribution >= 0.6 is 15.9 Å². The first-order valence-corrected chi connectivity index (χ1v) is 6.93. The zero-order chi connectivity index (χ0) is 14.5. The fourth-order valence-corrected chi connectivity index (χ4v) is 2.12. The number of carbonyl (C=O) groups is 1. The molecule has 0 aliphatic heterocycles. The van der Waals surface area contributed by atoms with Crippen molar-refractivity contribution in [2.24, 2.45) is 0 Å². The Morgan fingerprint density at radius 1 is 1.20 bits per heavy atom. The molecule has 0 saturated heterocycles. The van der Waals surface area contributed by atoms with E-state index in [0.29, 0.717) is 24.2 Å². The van der Waals surface area contributed by atoms with Crippen molar-refractivity contribution >= 4 is 27.5 Å².